The molecule has 3 aromatic rings. The van der Waals surface area contributed by atoms with Crippen LogP contribution >= 0.6 is 0 Å². The zero-order chi connectivity index (χ0) is 23.6. The van der Waals surface area contributed by atoms with E-state index in [1.165, 1.54) is 12.1 Å². The third-order valence-corrected chi connectivity index (χ3v) is 6.63. The Labute approximate surface area is 191 Å². The number of primary amides is 1. The number of benzene rings is 2. The monoisotopic (exact) mass is 453 g/mol. The smallest absolute Gasteiger partial charge is 0.368 e. The second-order valence-corrected chi connectivity index (χ2v) is 8.53. The summed E-state index contributed by atoms with van der Waals surface area (Å²) in [4.78, 5) is 19.5. The lowest BCUT2D eigenvalue weighted by Crippen LogP contribution is -2.56. The Morgan fingerprint density at radius 1 is 1.03 bits per heavy atom. The Morgan fingerprint density at radius 3 is 2.36 bits per heavy atom. The molecular formula is C26H26F3N3O. The zero-order valence-corrected chi connectivity index (χ0v) is 18.3. The van der Waals surface area contributed by atoms with Crippen LogP contribution in [0.1, 0.15) is 47.3 Å². The first-order valence-electron chi connectivity index (χ1n) is 10.9. The summed E-state index contributed by atoms with van der Waals surface area (Å²) in [5, 5.41) is 0. The fourth-order valence-corrected chi connectivity index (χ4v) is 4.74. The number of hydrogen-bond acceptors (Lipinski definition) is 3. The molecule has 1 amide bonds. The van der Waals surface area contributed by atoms with Crippen LogP contribution in [-0.4, -0.2) is 22.3 Å². The van der Waals surface area contributed by atoms with Gasteiger partial charge in [-0.3, -0.25) is 14.7 Å². The SMILES string of the molecule is CC(C(N)=O)(c1ccccc1)N1CCc2ncccc2C1CCc1ccc(C(F)(F)F)cc1. The molecule has 2 aromatic carbocycles. The highest BCUT2D eigenvalue weighted by Crippen LogP contribution is 2.41. The largest absolute Gasteiger partial charge is 0.416 e. The molecule has 7 heteroatoms. The molecule has 0 spiro atoms. The molecule has 33 heavy (non-hydrogen) atoms. The molecule has 4 rings (SSSR count). The fourth-order valence-electron chi connectivity index (χ4n) is 4.74. The summed E-state index contributed by atoms with van der Waals surface area (Å²) >= 11 is 0. The number of carbonyl (C=O) groups is 1. The van der Waals surface area contributed by atoms with Gasteiger partial charge in [0.25, 0.3) is 0 Å². The van der Waals surface area contributed by atoms with E-state index in [0.717, 1.165) is 34.5 Å². The van der Waals surface area contributed by atoms with Crippen LogP contribution in [0, 0.1) is 0 Å². The predicted octanol–water partition coefficient (Wildman–Crippen LogP) is 5.03. The first-order valence-corrected chi connectivity index (χ1v) is 10.9. The van der Waals surface area contributed by atoms with Gasteiger partial charge in [0.05, 0.1) is 5.56 Å². The molecule has 1 aliphatic heterocycles. The van der Waals surface area contributed by atoms with Crippen molar-refractivity contribution in [2.24, 2.45) is 5.73 Å². The highest BCUT2D eigenvalue weighted by molar-refractivity contribution is 5.85. The maximum absolute atomic E-state index is 12.9. The van der Waals surface area contributed by atoms with Gasteiger partial charge in [-0.25, -0.2) is 0 Å². The van der Waals surface area contributed by atoms with Crippen molar-refractivity contribution in [3.63, 3.8) is 0 Å². The second kappa shape index (κ2) is 8.98. The maximum Gasteiger partial charge on any atom is 0.416 e. The van der Waals surface area contributed by atoms with Crippen molar-refractivity contribution in [3.05, 3.63) is 101 Å². The topological polar surface area (TPSA) is 59.2 Å². The van der Waals surface area contributed by atoms with E-state index < -0.39 is 23.2 Å². The van der Waals surface area contributed by atoms with E-state index >= 15 is 0 Å². The van der Waals surface area contributed by atoms with Crippen LogP contribution in [0.5, 0.6) is 0 Å². The van der Waals surface area contributed by atoms with Crippen molar-refractivity contribution in [2.45, 2.75) is 43.9 Å². The highest BCUT2D eigenvalue weighted by Gasteiger charge is 2.45. The summed E-state index contributed by atoms with van der Waals surface area (Å²) in [6.45, 7) is 2.44. The van der Waals surface area contributed by atoms with E-state index in [1.54, 1.807) is 6.20 Å². The number of halogens is 3. The number of carbonyl (C=O) groups excluding carboxylic acids is 1. The molecule has 1 aliphatic rings. The van der Waals surface area contributed by atoms with Crippen molar-refractivity contribution < 1.29 is 18.0 Å². The van der Waals surface area contributed by atoms with Gasteiger partial charge in [-0.05, 0) is 54.7 Å². The molecule has 2 N–H and O–H groups in total. The number of aromatic nitrogens is 1. The number of nitrogens with zero attached hydrogens (tertiary/aromatic N) is 2. The number of nitrogens with two attached hydrogens (primary N) is 1. The minimum atomic E-state index is -4.36. The molecule has 1 aromatic heterocycles. The average Bonchev–Trinajstić information content (AvgIpc) is 2.82. The van der Waals surface area contributed by atoms with Gasteiger partial charge < -0.3 is 5.73 Å². The number of fused-ring (bicyclic) bond motifs is 1. The molecule has 2 heterocycles. The van der Waals surface area contributed by atoms with Gasteiger partial charge in [-0.15, -0.1) is 0 Å². The van der Waals surface area contributed by atoms with Crippen LogP contribution in [0.2, 0.25) is 0 Å². The fraction of sp³-hybridized carbons (Fsp3) is 0.308. The minimum absolute atomic E-state index is 0.164. The molecule has 0 aliphatic carbocycles. The maximum atomic E-state index is 12.9. The molecule has 0 bridgehead atoms. The van der Waals surface area contributed by atoms with Gasteiger partial charge in [0.15, 0.2) is 0 Å². The number of alkyl halides is 3. The van der Waals surface area contributed by atoms with Crippen molar-refractivity contribution >= 4 is 5.91 Å². The molecule has 2 atom stereocenters. The third kappa shape index (κ3) is 4.50. The quantitative estimate of drug-likeness (QED) is 0.569. The Hall–Kier alpha value is -3.19. The van der Waals surface area contributed by atoms with Crippen LogP contribution in [0.25, 0.3) is 0 Å². The molecule has 0 saturated carbocycles. The lowest BCUT2D eigenvalue weighted by Gasteiger charge is -2.47. The zero-order valence-electron chi connectivity index (χ0n) is 18.3. The molecule has 0 fully saturated rings. The number of pyridine rings is 1. The van der Waals surface area contributed by atoms with Crippen molar-refractivity contribution in [3.8, 4) is 0 Å². The Kier molecular flexibility index (Phi) is 6.26. The average molecular weight is 454 g/mol. The van der Waals surface area contributed by atoms with Gasteiger partial charge in [0.2, 0.25) is 5.91 Å². The molecule has 2 unspecified atom stereocenters. The van der Waals surface area contributed by atoms with Gasteiger partial charge in [-0.2, -0.15) is 13.2 Å². The summed E-state index contributed by atoms with van der Waals surface area (Å²) in [7, 11) is 0. The second-order valence-electron chi connectivity index (χ2n) is 8.53. The minimum Gasteiger partial charge on any atom is -0.368 e. The summed E-state index contributed by atoms with van der Waals surface area (Å²) in [5.41, 5.74) is 7.89. The van der Waals surface area contributed by atoms with E-state index in [1.807, 2.05) is 49.4 Å². The Bertz CT molecular complexity index is 1120. The first-order chi connectivity index (χ1) is 15.7. The van der Waals surface area contributed by atoms with Crippen LogP contribution in [-0.2, 0) is 29.4 Å². The Morgan fingerprint density at radius 2 is 1.73 bits per heavy atom. The van der Waals surface area contributed by atoms with Gasteiger partial charge in [0.1, 0.15) is 5.54 Å². The summed E-state index contributed by atoms with van der Waals surface area (Å²) < 4.78 is 38.8. The van der Waals surface area contributed by atoms with Crippen molar-refractivity contribution in [1.82, 2.24) is 9.88 Å². The van der Waals surface area contributed by atoms with E-state index in [-0.39, 0.29) is 6.04 Å². The van der Waals surface area contributed by atoms with Gasteiger partial charge in [0, 0.05) is 30.9 Å². The number of hydrogen-bond donors (Lipinski definition) is 1. The number of rotatable bonds is 6. The lowest BCUT2D eigenvalue weighted by atomic mass is 9.82. The summed E-state index contributed by atoms with van der Waals surface area (Å²) in [6.07, 6.45) is -0.756. The molecular weight excluding hydrogens is 427 g/mol. The molecule has 0 saturated heterocycles. The van der Waals surface area contributed by atoms with Gasteiger partial charge >= 0.3 is 6.18 Å². The molecule has 0 radical (unpaired) electrons. The summed E-state index contributed by atoms with van der Waals surface area (Å²) in [5.74, 6) is -0.444. The first kappa shape index (κ1) is 23.0. The standard InChI is InChI=1S/C26H26F3N3O/c1-25(24(30)33,19-6-3-2-4-7-19)32-17-15-22-21(8-5-16-31-22)23(32)14-11-18-9-12-20(13-10-18)26(27,28)29/h2-10,12-13,16,23H,11,14-15,17H2,1H3,(H2,30,33). The van der Waals surface area contributed by atoms with Crippen molar-refractivity contribution in [1.29, 1.82) is 0 Å². The lowest BCUT2D eigenvalue weighted by molar-refractivity contribution is -0.137. The number of amides is 1. The van der Waals surface area contributed by atoms with E-state index in [9.17, 15) is 18.0 Å². The third-order valence-electron chi connectivity index (χ3n) is 6.63. The van der Waals surface area contributed by atoms with E-state index in [2.05, 4.69) is 9.88 Å². The van der Waals surface area contributed by atoms with Gasteiger partial charge in [-0.1, -0.05) is 48.5 Å². The van der Waals surface area contributed by atoms with E-state index in [0.29, 0.717) is 25.8 Å². The van der Waals surface area contributed by atoms with Crippen LogP contribution in [0.3, 0.4) is 0 Å². The molecule has 4 nitrogen and oxygen atoms in total. The van der Waals surface area contributed by atoms with Crippen LogP contribution < -0.4 is 5.73 Å². The Balaban J connectivity index is 1.68. The molecule has 172 valence electrons. The van der Waals surface area contributed by atoms with Crippen molar-refractivity contribution in [2.75, 3.05) is 6.54 Å². The number of aryl methyl sites for hydroxylation is 1. The van der Waals surface area contributed by atoms with Crippen LogP contribution in [0.4, 0.5) is 13.2 Å². The van der Waals surface area contributed by atoms with E-state index in [4.69, 9.17) is 5.73 Å². The normalized spacial score (nSPS) is 18.4. The van der Waals surface area contributed by atoms with Crippen LogP contribution in [0.15, 0.2) is 72.9 Å². The predicted molar refractivity (Wildman–Crippen MR) is 120 cm³/mol. The summed E-state index contributed by atoms with van der Waals surface area (Å²) in [6, 6.07) is 18.4. The highest BCUT2D eigenvalue weighted by atomic mass is 19.4.